The van der Waals surface area contributed by atoms with Gasteiger partial charge in [-0.05, 0) is 19.1 Å². The number of benzene rings is 1. The van der Waals surface area contributed by atoms with Crippen LogP contribution in [-0.4, -0.2) is 26.0 Å². The highest BCUT2D eigenvalue weighted by Gasteiger charge is 2.22. The maximum atomic E-state index is 11.0. The van der Waals surface area contributed by atoms with Gasteiger partial charge in [-0.15, -0.1) is 0 Å². The summed E-state index contributed by atoms with van der Waals surface area (Å²) in [5.41, 5.74) is 0.582. The first kappa shape index (κ1) is 11.7. The highest BCUT2D eigenvalue weighted by molar-refractivity contribution is 5.88. The lowest BCUT2D eigenvalue weighted by atomic mass is 10.1. The molecule has 2 aromatic rings. The summed E-state index contributed by atoms with van der Waals surface area (Å²) < 4.78 is 0.494. The van der Waals surface area contributed by atoms with E-state index >= 15 is 0 Å². The van der Waals surface area contributed by atoms with Gasteiger partial charge in [-0.2, -0.15) is 9.99 Å². The molecule has 1 heterocycles. The second kappa shape index (κ2) is 4.22. The van der Waals surface area contributed by atoms with Crippen molar-refractivity contribution in [2.24, 2.45) is 0 Å². The lowest BCUT2D eigenvalue weighted by Crippen LogP contribution is -2.08. The van der Waals surface area contributed by atoms with Gasteiger partial charge < -0.3 is 10.3 Å². The Morgan fingerprint density at radius 3 is 2.67 bits per heavy atom. The first-order chi connectivity index (χ1) is 8.56. The van der Waals surface area contributed by atoms with Gasteiger partial charge in [-0.3, -0.25) is 0 Å². The molecule has 0 atom stereocenters. The van der Waals surface area contributed by atoms with Crippen LogP contribution in [0.25, 0.3) is 11.4 Å². The summed E-state index contributed by atoms with van der Waals surface area (Å²) in [4.78, 5) is 14.9. The van der Waals surface area contributed by atoms with E-state index in [0.29, 0.717) is 15.9 Å². The zero-order valence-corrected chi connectivity index (χ0v) is 9.45. The van der Waals surface area contributed by atoms with E-state index in [1.807, 2.05) is 6.07 Å². The third-order valence-electron chi connectivity index (χ3n) is 2.52. The zero-order valence-electron chi connectivity index (χ0n) is 9.45. The summed E-state index contributed by atoms with van der Waals surface area (Å²) in [6, 6.07) is 8.49. The van der Waals surface area contributed by atoms with Crippen LogP contribution < -0.4 is 0 Å². The van der Waals surface area contributed by atoms with E-state index in [4.69, 9.17) is 10.4 Å². The van der Waals surface area contributed by atoms with E-state index < -0.39 is 5.97 Å². The number of rotatable bonds is 2. The summed E-state index contributed by atoms with van der Waals surface area (Å²) >= 11 is 0. The largest absolute Gasteiger partial charge is 0.476 e. The second-order valence-electron chi connectivity index (χ2n) is 3.64. The Labute approximate surface area is 102 Å². The average Bonchev–Trinajstić information content (AvgIpc) is 2.64. The first-order valence-electron chi connectivity index (χ1n) is 5.07. The number of carbonyl (C=O) groups is 1. The van der Waals surface area contributed by atoms with Crippen molar-refractivity contribution in [3.63, 3.8) is 0 Å². The molecule has 0 aliphatic carbocycles. The Kier molecular flexibility index (Phi) is 2.73. The van der Waals surface area contributed by atoms with Gasteiger partial charge in [0.15, 0.2) is 11.5 Å². The van der Waals surface area contributed by atoms with Crippen LogP contribution in [0.2, 0.25) is 0 Å². The number of nitrogens with zero attached hydrogens (tertiary/aromatic N) is 3. The lowest BCUT2D eigenvalue weighted by Gasteiger charge is -2.03. The van der Waals surface area contributed by atoms with Crippen molar-refractivity contribution < 1.29 is 15.1 Å². The molecule has 1 aromatic heterocycles. The molecule has 2 rings (SSSR count). The fourth-order valence-corrected chi connectivity index (χ4v) is 1.71. The molecule has 18 heavy (non-hydrogen) atoms. The molecule has 0 spiro atoms. The number of aryl methyl sites for hydroxylation is 1. The molecule has 0 aliphatic heterocycles. The minimum Gasteiger partial charge on any atom is -0.476 e. The van der Waals surface area contributed by atoms with Gasteiger partial charge in [0.25, 0.3) is 0 Å². The van der Waals surface area contributed by atoms with Crippen molar-refractivity contribution in [2.75, 3.05) is 0 Å². The molecule has 0 fully saturated rings. The third kappa shape index (κ3) is 1.68. The molecule has 0 saturated carbocycles. The second-order valence-corrected chi connectivity index (χ2v) is 3.64. The number of aromatic carboxylic acids is 1. The number of nitriles is 1. The smallest absolute Gasteiger partial charge is 0.357 e. The molecule has 2 N–H and O–H groups in total. The molecular weight excluding hydrogens is 234 g/mol. The van der Waals surface area contributed by atoms with Gasteiger partial charge in [0.1, 0.15) is 0 Å². The van der Waals surface area contributed by atoms with Crippen LogP contribution in [0.3, 0.4) is 0 Å². The number of hydrogen-bond acceptors (Lipinski definition) is 4. The van der Waals surface area contributed by atoms with E-state index in [1.54, 1.807) is 24.3 Å². The van der Waals surface area contributed by atoms with Crippen LogP contribution >= 0.6 is 0 Å². The van der Waals surface area contributed by atoms with E-state index in [1.165, 1.54) is 6.92 Å². The van der Waals surface area contributed by atoms with Crippen molar-refractivity contribution in [3.8, 4) is 17.5 Å². The topological polar surface area (TPSA) is 99.1 Å². The highest BCUT2D eigenvalue weighted by atomic mass is 16.5. The number of imidazole rings is 1. The predicted octanol–water partition coefficient (Wildman–Crippen LogP) is 1.67. The number of carboxylic acids is 1. The van der Waals surface area contributed by atoms with Crippen molar-refractivity contribution in [3.05, 3.63) is 41.2 Å². The van der Waals surface area contributed by atoms with Crippen LogP contribution in [0.4, 0.5) is 0 Å². The van der Waals surface area contributed by atoms with Crippen LogP contribution in [0.15, 0.2) is 24.3 Å². The monoisotopic (exact) mass is 243 g/mol. The van der Waals surface area contributed by atoms with Crippen molar-refractivity contribution >= 4 is 5.97 Å². The first-order valence-corrected chi connectivity index (χ1v) is 5.07. The molecule has 1 aromatic carbocycles. The highest BCUT2D eigenvalue weighted by Crippen LogP contribution is 2.24. The van der Waals surface area contributed by atoms with Crippen LogP contribution in [-0.2, 0) is 0 Å². The number of carboxylic acid groups (broad SMARTS) is 1. The number of aromatic nitrogens is 2. The van der Waals surface area contributed by atoms with Crippen molar-refractivity contribution in [1.29, 1.82) is 5.26 Å². The van der Waals surface area contributed by atoms with Gasteiger partial charge in [-0.1, -0.05) is 12.1 Å². The summed E-state index contributed by atoms with van der Waals surface area (Å²) in [7, 11) is 0. The number of hydrogen-bond donors (Lipinski definition) is 2. The Hall–Kier alpha value is -2.81. The molecule has 6 heteroatoms. The fourth-order valence-electron chi connectivity index (χ4n) is 1.71. The molecule has 0 radical (unpaired) electrons. The standard InChI is InChI=1S/C12H9N3O3/c1-7-10(12(16)17)15(18)11(14-7)9-5-3-2-4-8(9)6-13/h2-5,18H,1H3,(H,16,17). The van der Waals surface area contributed by atoms with E-state index in [9.17, 15) is 10.0 Å². The summed E-state index contributed by atoms with van der Waals surface area (Å²) in [5, 5.41) is 27.7. The summed E-state index contributed by atoms with van der Waals surface area (Å²) in [6.07, 6.45) is 0. The molecule has 0 bridgehead atoms. The summed E-state index contributed by atoms with van der Waals surface area (Å²) in [6.45, 7) is 1.48. The van der Waals surface area contributed by atoms with Gasteiger partial charge in [0.2, 0.25) is 0 Å². The maximum absolute atomic E-state index is 11.0. The molecular formula is C12H9N3O3. The van der Waals surface area contributed by atoms with E-state index in [2.05, 4.69) is 4.98 Å². The third-order valence-corrected chi connectivity index (χ3v) is 2.52. The Morgan fingerprint density at radius 2 is 2.11 bits per heavy atom. The molecule has 6 nitrogen and oxygen atoms in total. The lowest BCUT2D eigenvalue weighted by molar-refractivity contribution is 0.0645. The fraction of sp³-hybridized carbons (Fsp3) is 0.0833. The Bertz CT molecular complexity index is 668. The Balaban J connectivity index is 2.70. The van der Waals surface area contributed by atoms with Gasteiger partial charge in [0.05, 0.1) is 17.3 Å². The van der Waals surface area contributed by atoms with Crippen LogP contribution in [0.5, 0.6) is 0 Å². The SMILES string of the molecule is Cc1nc(-c2ccccc2C#N)n(O)c1C(=O)O. The predicted molar refractivity (Wildman–Crippen MR) is 61.3 cm³/mol. The molecule has 0 aliphatic rings. The Morgan fingerprint density at radius 1 is 1.44 bits per heavy atom. The van der Waals surface area contributed by atoms with Gasteiger partial charge in [0, 0.05) is 5.56 Å². The quantitative estimate of drug-likeness (QED) is 0.781. The molecule has 0 saturated heterocycles. The average molecular weight is 243 g/mol. The van der Waals surface area contributed by atoms with Gasteiger partial charge in [-0.25, -0.2) is 9.78 Å². The van der Waals surface area contributed by atoms with Crippen molar-refractivity contribution in [2.45, 2.75) is 6.92 Å². The minimum atomic E-state index is -1.27. The normalized spacial score (nSPS) is 10.0. The zero-order chi connectivity index (χ0) is 13.3. The summed E-state index contributed by atoms with van der Waals surface area (Å²) in [5.74, 6) is -1.23. The molecule has 90 valence electrons. The molecule has 0 unspecified atom stereocenters. The molecule has 0 amide bonds. The van der Waals surface area contributed by atoms with Crippen molar-refractivity contribution in [1.82, 2.24) is 9.71 Å². The van der Waals surface area contributed by atoms with Crippen LogP contribution in [0, 0.1) is 18.3 Å². The van der Waals surface area contributed by atoms with Gasteiger partial charge >= 0.3 is 5.97 Å². The maximum Gasteiger partial charge on any atom is 0.357 e. The van der Waals surface area contributed by atoms with E-state index in [0.717, 1.165) is 0 Å². The van der Waals surface area contributed by atoms with E-state index in [-0.39, 0.29) is 17.2 Å². The minimum absolute atomic E-state index is 0.0436. The van der Waals surface area contributed by atoms with Crippen LogP contribution in [0.1, 0.15) is 21.7 Å².